The van der Waals surface area contributed by atoms with Crippen LogP contribution in [-0.4, -0.2) is 55.5 Å². The average molecular weight is 301 g/mol. The third-order valence-corrected chi connectivity index (χ3v) is 5.28. The van der Waals surface area contributed by atoms with Gasteiger partial charge in [0.1, 0.15) is 0 Å². The van der Waals surface area contributed by atoms with Crippen molar-refractivity contribution in [1.29, 1.82) is 0 Å². The zero-order chi connectivity index (χ0) is 15.5. The van der Waals surface area contributed by atoms with E-state index in [0.29, 0.717) is 6.04 Å². The molecule has 0 bridgehead atoms. The van der Waals surface area contributed by atoms with Gasteiger partial charge in [0.25, 0.3) is 5.91 Å². The van der Waals surface area contributed by atoms with Crippen LogP contribution in [0, 0.1) is 0 Å². The van der Waals surface area contributed by atoms with Crippen molar-refractivity contribution in [2.24, 2.45) is 0 Å². The zero-order valence-corrected chi connectivity index (χ0v) is 13.7. The fourth-order valence-electron chi connectivity index (χ4n) is 3.89. The summed E-state index contributed by atoms with van der Waals surface area (Å²) in [5.74, 6) is -0.00652. The number of hydrogen-bond donors (Lipinski definition) is 1. The van der Waals surface area contributed by atoms with Crippen molar-refractivity contribution < 1.29 is 4.79 Å². The number of likely N-dealkylation sites (N-methyl/N-ethyl adjacent to an activating group) is 1. The summed E-state index contributed by atoms with van der Waals surface area (Å²) in [6, 6.07) is 9.27. The summed E-state index contributed by atoms with van der Waals surface area (Å²) in [7, 11) is 3.88. The predicted molar refractivity (Wildman–Crippen MR) is 89.0 cm³/mol. The van der Waals surface area contributed by atoms with Gasteiger partial charge >= 0.3 is 0 Å². The molecular weight excluding hydrogens is 274 g/mol. The van der Waals surface area contributed by atoms with E-state index in [1.54, 1.807) is 7.05 Å². The lowest BCUT2D eigenvalue weighted by Gasteiger charge is -2.42. The van der Waals surface area contributed by atoms with Gasteiger partial charge in [-0.05, 0) is 37.6 Å². The van der Waals surface area contributed by atoms with E-state index in [1.165, 1.54) is 37.8 Å². The van der Waals surface area contributed by atoms with Gasteiger partial charge in [-0.2, -0.15) is 0 Å². The Morgan fingerprint density at radius 2 is 2.00 bits per heavy atom. The van der Waals surface area contributed by atoms with E-state index in [4.69, 9.17) is 0 Å². The van der Waals surface area contributed by atoms with Crippen LogP contribution in [0.4, 0.5) is 0 Å². The lowest BCUT2D eigenvalue weighted by Crippen LogP contribution is -2.49. The number of rotatable bonds is 3. The Kier molecular flexibility index (Phi) is 4.79. The van der Waals surface area contributed by atoms with E-state index in [0.717, 1.165) is 24.7 Å². The van der Waals surface area contributed by atoms with Crippen molar-refractivity contribution in [3.63, 3.8) is 0 Å². The van der Waals surface area contributed by atoms with Gasteiger partial charge in [0.15, 0.2) is 0 Å². The molecule has 120 valence electrons. The quantitative estimate of drug-likeness (QED) is 0.930. The summed E-state index contributed by atoms with van der Waals surface area (Å²) >= 11 is 0. The summed E-state index contributed by atoms with van der Waals surface area (Å²) in [4.78, 5) is 17.0. The summed E-state index contributed by atoms with van der Waals surface area (Å²) in [6.45, 7) is 3.36. The van der Waals surface area contributed by atoms with Crippen LogP contribution >= 0.6 is 0 Å². The normalized spacial score (nSPS) is 24.5. The minimum atomic E-state index is -0.00652. The molecule has 3 rings (SSSR count). The number of carbonyl (C=O) groups is 1. The second kappa shape index (κ2) is 6.80. The van der Waals surface area contributed by atoms with Crippen LogP contribution in [0.1, 0.15) is 47.6 Å². The highest BCUT2D eigenvalue weighted by Crippen LogP contribution is 2.30. The maximum Gasteiger partial charge on any atom is 0.251 e. The fourth-order valence-corrected chi connectivity index (χ4v) is 3.89. The molecule has 4 nitrogen and oxygen atoms in total. The van der Waals surface area contributed by atoms with E-state index in [9.17, 15) is 4.79 Å². The van der Waals surface area contributed by atoms with Gasteiger partial charge < -0.3 is 5.32 Å². The molecule has 22 heavy (non-hydrogen) atoms. The van der Waals surface area contributed by atoms with Crippen LogP contribution in [-0.2, 0) is 0 Å². The Balaban J connectivity index is 1.77. The van der Waals surface area contributed by atoms with Gasteiger partial charge in [-0.25, -0.2) is 0 Å². The van der Waals surface area contributed by atoms with Crippen LogP contribution in [0.2, 0.25) is 0 Å². The number of carbonyl (C=O) groups excluding carboxylic acids is 1. The molecule has 0 radical (unpaired) electrons. The van der Waals surface area contributed by atoms with E-state index >= 15 is 0 Å². The average Bonchev–Trinajstić information content (AvgIpc) is 3.09. The van der Waals surface area contributed by atoms with Crippen LogP contribution in [0.15, 0.2) is 24.3 Å². The fraction of sp³-hybridized carbons (Fsp3) is 0.611. The summed E-state index contributed by atoms with van der Waals surface area (Å²) < 4.78 is 0. The zero-order valence-electron chi connectivity index (χ0n) is 13.7. The first-order valence-corrected chi connectivity index (χ1v) is 8.45. The Hall–Kier alpha value is -1.39. The molecule has 1 N–H and O–H groups in total. The summed E-state index contributed by atoms with van der Waals surface area (Å²) in [6.07, 6.45) is 5.48. The van der Waals surface area contributed by atoms with Crippen molar-refractivity contribution in [1.82, 2.24) is 15.1 Å². The Labute approximate surface area is 133 Å². The highest BCUT2D eigenvalue weighted by molar-refractivity contribution is 5.94. The first-order valence-electron chi connectivity index (χ1n) is 8.45. The third-order valence-electron chi connectivity index (χ3n) is 5.28. The molecule has 1 aromatic carbocycles. The smallest absolute Gasteiger partial charge is 0.251 e. The van der Waals surface area contributed by atoms with Crippen molar-refractivity contribution >= 4 is 5.91 Å². The SMILES string of the molecule is CNC(=O)c1cccc(C2CN(C3CCCC3)CCN2C)c1. The number of benzene rings is 1. The standard InChI is InChI=1S/C18H27N3O/c1-19-18(22)15-7-5-6-14(12-15)17-13-21(11-10-20(17)2)16-8-3-4-9-16/h5-7,12,16-17H,3-4,8-11,13H2,1-2H3,(H,19,22). The van der Waals surface area contributed by atoms with Crippen molar-refractivity contribution in [3.05, 3.63) is 35.4 Å². The topological polar surface area (TPSA) is 35.6 Å². The van der Waals surface area contributed by atoms with E-state index in [-0.39, 0.29) is 5.91 Å². The van der Waals surface area contributed by atoms with Crippen LogP contribution in [0.5, 0.6) is 0 Å². The molecule has 1 atom stereocenters. The van der Waals surface area contributed by atoms with E-state index in [1.807, 2.05) is 12.1 Å². The first kappa shape index (κ1) is 15.5. The molecule has 4 heteroatoms. The predicted octanol–water partition coefficient (Wildman–Crippen LogP) is 2.28. The molecule has 1 unspecified atom stereocenters. The molecule has 2 fully saturated rings. The lowest BCUT2D eigenvalue weighted by atomic mass is 9.99. The maximum atomic E-state index is 11.9. The van der Waals surface area contributed by atoms with E-state index in [2.05, 4.69) is 34.3 Å². The third kappa shape index (κ3) is 3.18. The maximum absolute atomic E-state index is 11.9. The monoisotopic (exact) mass is 301 g/mol. The van der Waals surface area contributed by atoms with Crippen LogP contribution in [0.3, 0.4) is 0 Å². The highest BCUT2D eigenvalue weighted by atomic mass is 16.1. The molecule has 1 heterocycles. The van der Waals surface area contributed by atoms with Crippen molar-refractivity contribution in [3.8, 4) is 0 Å². The van der Waals surface area contributed by atoms with Crippen molar-refractivity contribution in [2.75, 3.05) is 33.7 Å². The van der Waals surface area contributed by atoms with Gasteiger partial charge in [0.2, 0.25) is 0 Å². The number of nitrogens with zero attached hydrogens (tertiary/aromatic N) is 2. The molecule has 1 aliphatic heterocycles. The van der Waals surface area contributed by atoms with Gasteiger partial charge in [-0.3, -0.25) is 14.6 Å². The van der Waals surface area contributed by atoms with Crippen molar-refractivity contribution in [2.45, 2.75) is 37.8 Å². The molecule has 1 aliphatic carbocycles. The first-order chi connectivity index (χ1) is 10.7. The van der Waals surface area contributed by atoms with E-state index < -0.39 is 0 Å². The largest absolute Gasteiger partial charge is 0.355 e. The van der Waals surface area contributed by atoms with Gasteiger partial charge in [0.05, 0.1) is 0 Å². The second-order valence-corrected chi connectivity index (χ2v) is 6.63. The summed E-state index contributed by atoms with van der Waals surface area (Å²) in [5.41, 5.74) is 2.01. The number of hydrogen-bond acceptors (Lipinski definition) is 3. The molecule has 1 saturated carbocycles. The Morgan fingerprint density at radius 1 is 1.23 bits per heavy atom. The number of piperazine rings is 1. The second-order valence-electron chi connectivity index (χ2n) is 6.63. The summed E-state index contributed by atoms with van der Waals surface area (Å²) in [5, 5.41) is 2.71. The van der Waals surface area contributed by atoms with Crippen LogP contribution < -0.4 is 5.32 Å². The molecule has 1 saturated heterocycles. The molecular formula is C18H27N3O. The molecule has 1 amide bonds. The number of amides is 1. The molecule has 0 aromatic heterocycles. The highest BCUT2D eigenvalue weighted by Gasteiger charge is 2.31. The molecule has 2 aliphatic rings. The van der Waals surface area contributed by atoms with Gasteiger partial charge in [-0.15, -0.1) is 0 Å². The Morgan fingerprint density at radius 3 is 2.73 bits per heavy atom. The van der Waals surface area contributed by atoms with Crippen LogP contribution in [0.25, 0.3) is 0 Å². The molecule has 0 spiro atoms. The Bertz CT molecular complexity index is 525. The van der Waals surface area contributed by atoms with Gasteiger partial charge in [0, 0.05) is 44.3 Å². The number of nitrogens with one attached hydrogen (secondary N) is 1. The minimum Gasteiger partial charge on any atom is -0.355 e. The lowest BCUT2D eigenvalue weighted by molar-refractivity contribution is 0.0655. The minimum absolute atomic E-state index is 0.00652. The van der Waals surface area contributed by atoms with Gasteiger partial charge in [-0.1, -0.05) is 25.0 Å². The molecule has 1 aromatic rings.